The van der Waals surface area contributed by atoms with Gasteiger partial charge in [0.1, 0.15) is 0 Å². The maximum absolute atomic E-state index is 12.7. The normalized spacial score (nSPS) is 11.1. The summed E-state index contributed by atoms with van der Waals surface area (Å²) >= 11 is 6.03. The second-order valence-corrected chi connectivity index (χ2v) is 8.46. The highest BCUT2D eigenvalue weighted by Crippen LogP contribution is 2.25. The first kappa shape index (κ1) is 19.9. The smallest absolute Gasteiger partial charge is 0.262 e. The van der Waals surface area contributed by atoms with Gasteiger partial charge in [0, 0.05) is 11.3 Å². The summed E-state index contributed by atoms with van der Waals surface area (Å²) in [6.45, 7) is 3.90. The number of hydrogen-bond acceptors (Lipinski definition) is 3. The van der Waals surface area contributed by atoms with Crippen LogP contribution in [0, 0.1) is 13.8 Å². The Kier molecular flexibility index (Phi) is 5.72. The lowest BCUT2D eigenvalue weighted by molar-refractivity contribution is 0.102. The Labute approximate surface area is 169 Å². The third-order valence-electron chi connectivity index (χ3n) is 4.29. The van der Waals surface area contributed by atoms with Gasteiger partial charge in [0.05, 0.1) is 15.6 Å². The SMILES string of the molecule is Cc1ccc(C(=O)Nc2cccc(S(=O)(=O)Nc3ccccc3Cl)c2)cc1C. The number of rotatable bonds is 5. The molecular formula is C21H19ClN2O3S. The van der Waals surface area contributed by atoms with Gasteiger partial charge in [0.25, 0.3) is 15.9 Å². The standard InChI is InChI=1S/C21H19ClN2O3S/c1-14-10-11-16(12-15(14)2)21(25)23-17-6-5-7-18(13-17)28(26,27)24-20-9-4-3-8-19(20)22/h3-13,24H,1-2H3,(H,23,25). The van der Waals surface area contributed by atoms with Gasteiger partial charge in [-0.1, -0.05) is 35.9 Å². The molecule has 3 rings (SSSR count). The molecule has 5 nitrogen and oxygen atoms in total. The zero-order valence-electron chi connectivity index (χ0n) is 15.4. The molecule has 0 aromatic heterocycles. The second-order valence-electron chi connectivity index (χ2n) is 6.37. The summed E-state index contributed by atoms with van der Waals surface area (Å²) in [6, 6.07) is 18.0. The summed E-state index contributed by atoms with van der Waals surface area (Å²) in [5.74, 6) is -0.309. The minimum absolute atomic E-state index is 0.0188. The highest BCUT2D eigenvalue weighted by molar-refractivity contribution is 7.92. The molecule has 0 saturated heterocycles. The van der Waals surface area contributed by atoms with Crippen molar-refractivity contribution in [1.82, 2.24) is 0 Å². The lowest BCUT2D eigenvalue weighted by Crippen LogP contribution is -2.15. The van der Waals surface area contributed by atoms with E-state index in [1.807, 2.05) is 19.9 Å². The number of benzene rings is 3. The Morgan fingerprint density at radius 1 is 0.893 bits per heavy atom. The number of carbonyl (C=O) groups is 1. The van der Waals surface area contributed by atoms with Crippen molar-refractivity contribution in [2.75, 3.05) is 10.0 Å². The van der Waals surface area contributed by atoms with Crippen molar-refractivity contribution in [3.63, 3.8) is 0 Å². The molecule has 3 aromatic rings. The third-order valence-corrected chi connectivity index (χ3v) is 5.98. The van der Waals surface area contributed by atoms with Crippen molar-refractivity contribution in [3.8, 4) is 0 Å². The lowest BCUT2D eigenvalue weighted by Gasteiger charge is -2.11. The van der Waals surface area contributed by atoms with Gasteiger partial charge < -0.3 is 5.32 Å². The van der Waals surface area contributed by atoms with E-state index in [2.05, 4.69) is 10.0 Å². The molecule has 28 heavy (non-hydrogen) atoms. The van der Waals surface area contributed by atoms with Crippen LogP contribution in [0.3, 0.4) is 0 Å². The van der Waals surface area contributed by atoms with Gasteiger partial charge in [0.15, 0.2) is 0 Å². The molecule has 0 bridgehead atoms. The van der Waals surface area contributed by atoms with Crippen LogP contribution in [0.1, 0.15) is 21.5 Å². The molecule has 0 aliphatic rings. The zero-order valence-corrected chi connectivity index (χ0v) is 16.9. The predicted molar refractivity (Wildman–Crippen MR) is 113 cm³/mol. The van der Waals surface area contributed by atoms with Crippen LogP contribution in [0.25, 0.3) is 0 Å². The minimum Gasteiger partial charge on any atom is -0.322 e. The number of sulfonamides is 1. The number of hydrogen-bond donors (Lipinski definition) is 2. The van der Waals surface area contributed by atoms with E-state index < -0.39 is 10.0 Å². The number of amides is 1. The molecule has 0 heterocycles. The molecule has 144 valence electrons. The molecule has 0 aliphatic carbocycles. The first-order valence-electron chi connectivity index (χ1n) is 8.52. The van der Waals surface area contributed by atoms with Crippen LogP contribution in [0.15, 0.2) is 71.6 Å². The number of anilines is 2. The van der Waals surface area contributed by atoms with E-state index >= 15 is 0 Å². The first-order chi connectivity index (χ1) is 13.3. The van der Waals surface area contributed by atoms with E-state index in [1.54, 1.807) is 48.5 Å². The minimum atomic E-state index is -3.86. The maximum atomic E-state index is 12.7. The third kappa shape index (κ3) is 4.52. The van der Waals surface area contributed by atoms with E-state index in [9.17, 15) is 13.2 Å². The van der Waals surface area contributed by atoms with Gasteiger partial charge in [-0.05, 0) is 67.4 Å². The monoisotopic (exact) mass is 414 g/mol. The van der Waals surface area contributed by atoms with Gasteiger partial charge in [-0.2, -0.15) is 0 Å². The van der Waals surface area contributed by atoms with E-state index in [-0.39, 0.29) is 16.5 Å². The number of halogens is 1. The average Bonchev–Trinajstić information content (AvgIpc) is 2.66. The van der Waals surface area contributed by atoms with Crippen molar-refractivity contribution in [3.05, 3.63) is 88.4 Å². The fourth-order valence-corrected chi connectivity index (χ4v) is 3.94. The number of nitrogens with one attached hydrogen (secondary N) is 2. The number of aryl methyl sites for hydroxylation is 2. The zero-order chi connectivity index (χ0) is 20.3. The molecular weight excluding hydrogens is 396 g/mol. The van der Waals surface area contributed by atoms with Crippen molar-refractivity contribution in [2.24, 2.45) is 0 Å². The van der Waals surface area contributed by atoms with Gasteiger partial charge in [-0.25, -0.2) is 8.42 Å². The molecule has 0 fully saturated rings. The molecule has 0 saturated carbocycles. The largest absolute Gasteiger partial charge is 0.322 e. The second kappa shape index (κ2) is 8.04. The maximum Gasteiger partial charge on any atom is 0.262 e. The summed E-state index contributed by atoms with van der Waals surface area (Å²) < 4.78 is 27.8. The van der Waals surface area contributed by atoms with Crippen LogP contribution in [-0.2, 0) is 10.0 Å². The van der Waals surface area contributed by atoms with Gasteiger partial charge in [0.2, 0.25) is 0 Å². The fraction of sp³-hybridized carbons (Fsp3) is 0.0952. The van der Waals surface area contributed by atoms with E-state index in [0.717, 1.165) is 11.1 Å². The molecule has 0 atom stereocenters. The van der Waals surface area contributed by atoms with Crippen LogP contribution in [0.4, 0.5) is 11.4 Å². The Morgan fingerprint density at radius 3 is 2.36 bits per heavy atom. The topological polar surface area (TPSA) is 75.3 Å². The number of carbonyl (C=O) groups excluding carboxylic acids is 1. The van der Waals surface area contributed by atoms with Gasteiger partial charge in [-0.15, -0.1) is 0 Å². The average molecular weight is 415 g/mol. The molecule has 0 radical (unpaired) electrons. The Morgan fingerprint density at radius 2 is 1.64 bits per heavy atom. The Bertz CT molecular complexity index is 1140. The summed E-state index contributed by atoms with van der Waals surface area (Å²) in [5.41, 5.74) is 3.27. The molecule has 3 aromatic carbocycles. The van der Waals surface area contributed by atoms with Crippen LogP contribution in [0.5, 0.6) is 0 Å². The Balaban J connectivity index is 1.82. The van der Waals surface area contributed by atoms with Crippen molar-refractivity contribution >= 4 is 38.9 Å². The van der Waals surface area contributed by atoms with Crippen LogP contribution in [0.2, 0.25) is 5.02 Å². The molecule has 0 spiro atoms. The summed E-state index contributed by atoms with van der Waals surface area (Å²) in [7, 11) is -3.86. The van der Waals surface area contributed by atoms with E-state index in [4.69, 9.17) is 11.6 Å². The van der Waals surface area contributed by atoms with Crippen LogP contribution >= 0.6 is 11.6 Å². The number of para-hydroxylation sites is 1. The summed E-state index contributed by atoms with van der Waals surface area (Å²) in [4.78, 5) is 12.5. The highest BCUT2D eigenvalue weighted by atomic mass is 35.5. The predicted octanol–water partition coefficient (Wildman–Crippen LogP) is 5.01. The van der Waals surface area contributed by atoms with E-state index in [1.165, 1.54) is 12.1 Å². The summed E-state index contributed by atoms with van der Waals surface area (Å²) in [5, 5.41) is 3.03. The molecule has 7 heteroatoms. The highest BCUT2D eigenvalue weighted by Gasteiger charge is 2.17. The van der Waals surface area contributed by atoms with Gasteiger partial charge in [-0.3, -0.25) is 9.52 Å². The fourth-order valence-electron chi connectivity index (χ4n) is 2.57. The first-order valence-corrected chi connectivity index (χ1v) is 10.4. The van der Waals surface area contributed by atoms with Crippen LogP contribution in [-0.4, -0.2) is 14.3 Å². The van der Waals surface area contributed by atoms with Crippen molar-refractivity contribution in [2.45, 2.75) is 18.7 Å². The van der Waals surface area contributed by atoms with Crippen LogP contribution < -0.4 is 10.0 Å². The van der Waals surface area contributed by atoms with Gasteiger partial charge >= 0.3 is 0 Å². The molecule has 0 unspecified atom stereocenters. The summed E-state index contributed by atoms with van der Waals surface area (Å²) in [6.07, 6.45) is 0. The molecule has 0 aliphatic heterocycles. The van der Waals surface area contributed by atoms with E-state index in [0.29, 0.717) is 16.3 Å². The van der Waals surface area contributed by atoms with Crippen molar-refractivity contribution in [1.29, 1.82) is 0 Å². The lowest BCUT2D eigenvalue weighted by atomic mass is 10.1. The quantitative estimate of drug-likeness (QED) is 0.616. The molecule has 1 amide bonds. The Hall–Kier alpha value is -2.83. The van der Waals surface area contributed by atoms with Crippen molar-refractivity contribution < 1.29 is 13.2 Å². The molecule has 2 N–H and O–H groups in total.